The molecule has 2 aromatic rings. The van der Waals surface area contributed by atoms with Gasteiger partial charge in [0.2, 0.25) is 0 Å². The topological polar surface area (TPSA) is 66.0 Å². The fourth-order valence-corrected chi connectivity index (χ4v) is 1.73. The van der Waals surface area contributed by atoms with Gasteiger partial charge in [-0.05, 0) is 12.0 Å². The Kier molecular flexibility index (Phi) is 2.72. The molecule has 1 aromatic heterocycles. The van der Waals surface area contributed by atoms with Crippen molar-refractivity contribution >= 4 is 5.97 Å². The molecule has 0 aliphatic carbocycles. The van der Waals surface area contributed by atoms with Gasteiger partial charge in [0.15, 0.2) is 0 Å². The standard InChI is InChI=1S/C12H12N2O2/c1-2-8-5-3-4-6-9(8)11-10(12(15)16)7-13-14-11/h3-7H,2H2,1H3,(H,13,14)(H,15,16). The molecule has 82 valence electrons. The van der Waals surface area contributed by atoms with Crippen molar-refractivity contribution in [2.75, 3.05) is 0 Å². The fourth-order valence-electron chi connectivity index (χ4n) is 1.73. The number of aromatic carboxylic acids is 1. The SMILES string of the molecule is CCc1ccccc1-c1[nH]ncc1C(=O)O. The third-order valence-corrected chi connectivity index (χ3v) is 2.54. The van der Waals surface area contributed by atoms with Crippen molar-refractivity contribution in [2.45, 2.75) is 13.3 Å². The summed E-state index contributed by atoms with van der Waals surface area (Å²) in [6.45, 7) is 2.04. The lowest BCUT2D eigenvalue weighted by molar-refractivity contribution is 0.0698. The summed E-state index contributed by atoms with van der Waals surface area (Å²) < 4.78 is 0. The highest BCUT2D eigenvalue weighted by molar-refractivity contribution is 5.94. The molecule has 2 rings (SSSR count). The summed E-state index contributed by atoms with van der Waals surface area (Å²) in [5.74, 6) is -0.963. The molecule has 0 amide bonds. The van der Waals surface area contributed by atoms with Gasteiger partial charge in [0, 0.05) is 5.56 Å². The van der Waals surface area contributed by atoms with E-state index in [0.717, 1.165) is 17.5 Å². The summed E-state index contributed by atoms with van der Waals surface area (Å²) in [5, 5.41) is 15.6. The third kappa shape index (κ3) is 1.69. The zero-order valence-electron chi connectivity index (χ0n) is 8.90. The molecule has 0 atom stereocenters. The van der Waals surface area contributed by atoms with Crippen molar-refractivity contribution in [3.05, 3.63) is 41.6 Å². The summed E-state index contributed by atoms with van der Waals surface area (Å²) in [6, 6.07) is 7.72. The van der Waals surface area contributed by atoms with Crippen LogP contribution in [0.2, 0.25) is 0 Å². The molecule has 0 saturated heterocycles. The van der Waals surface area contributed by atoms with Crippen molar-refractivity contribution in [3.63, 3.8) is 0 Å². The second-order valence-electron chi connectivity index (χ2n) is 3.47. The van der Waals surface area contributed by atoms with Crippen molar-refractivity contribution < 1.29 is 9.90 Å². The van der Waals surface area contributed by atoms with Gasteiger partial charge in [-0.25, -0.2) is 4.79 Å². The van der Waals surface area contributed by atoms with Crippen LogP contribution < -0.4 is 0 Å². The first kappa shape index (κ1) is 10.4. The minimum atomic E-state index is -0.963. The first-order valence-corrected chi connectivity index (χ1v) is 5.09. The highest BCUT2D eigenvalue weighted by Crippen LogP contribution is 2.25. The maximum absolute atomic E-state index is 11.0. The lowest BCUT2D eigenvalue weighted by Crippen LogP contribution is -1.98. The Morgan fingerprint density at radius 3 is 2.88 bits per heavy atom. The quantitative estimate of drug-likeness (QED) is 0.827. The van der Waals surface area contributed by atoms with Gasteiger partial charge in [-0.15, -0.1) is 0 Å². The number of benzene rings is 1. The Bertz CT molecular complexity index is 517. The zero-order chi connectivity index (χ0) is 11.5. The van der Waals surface area contributed by atoms with E-state index in [9.17, 15) is 4.79 Å². The van der Waals surface area contributed by atoms with Crippen LogP contribution in [0.5, 0.6) is 0 Å². The fraction of sp³-hybridized carbons (Fsp3) is 0.167. The van der Waals surface area contributed by atoms with E-state index in [1.165, 1.54) is 6.20 Å². The molecule has 0 spiro atoms. The molecule has 1 heterocycles. The second kappa shape index (κ2) is 4.18. The Hall–Kier alpha value is -2.10. The van der Waals surface area contributed by atoms with Crippen LogP contribution in [-0.4, -0.2) is 21.3 Å². The van der Waals surface area contributed by atoms with Crippen LogP contribution in [0.4, 0.5) is 0 Å². The summed E-state index contributed by atoms with van der Waals surface area (Å²) in [6.07, 6.45) is 2.19. The highest BCUT2D eigenvalue weighted by atomic mass is 16.4. The number of carboxylic acids is 1. The van der Waals surface area contributed by atoms with Crippen LogP contribution in [0, 0.1) is 0 Å². The number of rotatable bonds is 3. The van der Waals surface area contributed by atoms with Crippen molar-refractivity contribution in [1.82, 2.24) is 10.2 Å². The Morgan fingerprint density at radius 1 is 1.44 bits per heavy atom. The number of nitrogens with one attached hydrogen (secondary N) is 1. The van der Waals surface area contributed by atoms with Gasteiger partial charge >= 0.3 is 5.97 Å². The van der Waals surface area contributed by atoms with Crippen molar-refractivity contribution in [2.24, 2.45) is 0 Å². The lowest BCUT2D eigenvalue weighted by atomic mass is 10.0. The maximum Gasteiger partial charge on any atom is 0.339 e. The summed E-state index contributed by atoms with van der Waals surface area (Å²) >= 11 is 0. The minimum Gasteiger partial charge on any atom is -0.478 e. The maximum atomic E-state index is 11.0. The first-order chi connectivity index (χ1) is 7.74. The highest BCUT2D eigenvalue weighted by Gasteiger charge is 2.15. The summed E-state index contributed by atoms with van der Waals surface area (Å²) in [4.78, 5) is 11.0. The van der Waals surface area contributed by atoms with Crippen LogP contribution in [-0.2, 0) is 6.42 Å². The van der Waals surface area contributed by atoms with Crippen molar-refractivity contribution in [1.29, 1.82) is 0 Å². The molecule has 0 bridgehead atoms. The Balaban J connectivity index is 2.58. The second-order valence-corrected chi connectivity index (χ2v) is 3.47. The minimum absolute atomic E-state index is 0.209. The predicted octanol–water partition coefficient (Wildman–Crippen LogP) is 2.34. The monoisotopic (exact) mass is 216 g/mol. The average Bonchev–Trinajstić information content (AvgIpc) is 2.77. The van der Waals surface area contributed by atoms with Gasteiger partial charge in [-0.3, -0.25) is 5.10 Å². The van der Waals surface area contributed by atoms with Crippen LogP contribution in [0.25, 0.3) is 11.3 Å². The molecule has 0 aliphatic rings. The van der Waals surface area contributed by atoms with Gasteiger partial charge in [0.25, 0.3) is 0 Å². The predicted molar refractivity (Wildman–Crippen MR) is 60.4 cm³/mol. The molecule has 16 heavy (non-hydrogen) atoms. The molecule has 0 aliphatic heterocycles. The lowest BCUT2D eigenvalue weighted by Gasteiger charge is -2.06. The van der Waals surface area contributed by atoms with Crippen molar-refractivity contribution in [3.8, 4) is 11.3 Å². The van der Waals surface area contributed by atoms with Gasteiger partial charge in [0.05, 0.1) is 11.9 Å². The van der Waals surface area contributed by atoms with Gasteiger partial charge < -0.3 is 5.11 Å². The van der Waals surface area contributed by atoms with E-state index in [4.69, 9.17) is 5.11 Å². The molecule has 0 saturated carbocycles. The normalized spacial score (nSPS) is 10.3. The summed E-state index contributed by atoms with van der Waals surface area (Å²) in [7, 11) is 0. The molecule has 0 fully saturated rings. The van der Waals surface area contributed by atoms with Gasteiger partial charge in [-0.2, -0.15) is 5.10 Å². The van der Waals surface area contributed by atoms with Crippen LogP contribution in [0.3, 0.4) is 0 Å². The van der Waals surface area contributed by atoms with E-state index in [0.29, 0.717) is 5.69 Å². The van der Waals surface area contributed by atoms with E-state index in [1.807, 2.05) is 31.2 Å². The summed E-state index contributed by atoms with van der Waals surface area (Å²) in [5.41, 5.74) is 2.79. The number of hydrogen-bond acceptors (Lipinski definition) is 2. The zero-order valence-corrected chi connectivity index (χ0v) is 8.90. The van der Waals surface area contributed by atoms with Gasteiger partial charge in [0.1, 0.15) is 5.56 Å². The molecular weight excluding hydrogens is 204 g/mol. The van der Waals surface area contributed by atoms with Crippen LogP contribution in [0.15, 0.2) is 30.5 Å². The first-order valence-electron chi connectivity index (χ1n) is 5.09. The van der Waals surface area contributed by atoms with E-state index in [2.05, 4.69) is 10.2 Å². The van der Waals surface area contributed by atoms with E-state index in [1.54, 1.807) is 0 Å². The number of aromatic amines is 1. The smallest absolute Gasteiger partial charge is 0.339 e. The number of carbonyl (C=O) groups is 1. The van der Waals surface area contributed by atoms with E-state index < -0.39 is 5.97 Å². The number of aromatic nitrogens is 2. The number of H-pyrrole nitrogens is 1. The molecular formula is C12H12N2O2. The van der Waals surface area contributed by atoms with E-state index >= 15 is 0 Å². The number of carboxylic acid groups (broad SMARTS) is 1. The number of aryl methyl sites for hydroxylation is 1. The van der Waals surface area contributed by atoms with Crippen LogP contribution >= 0.6 is 0 Å². The van der Waals surface area contributed by atoms with Crippen LogP contribution in [0.1, 0.15) is 22.8 Å². The molecule has 4 heteroatoms. The number of nitrogens with zero attached hydrogens (tertiary/aromatic N) is 1. The molecule has 2 N–H and O–H groups in total. The molecule has 0 radical (unpaired) electrons. The molecule has 4 nitrogen and oxygen atoms in total. The van der Waals surface area contributed by atoms with E-state index in [-0.39, 0.29) is 5.56 Å². The van der Waals surface area contributed by atoms with Gasteiger partial charge in [-0.1, -0.05) is 31.2 Å². The average molecular weight is 216 g/mol. The Morgan fingerprint density at radius 2 is 2.19 bits per heavy atom. The molecule has 1 aromatic carbocycles. The largest absolute Gasteiger partial charge is 0.478 e. The third-order valence-electron chi connectivity index (χ3n) is 2.54. The molecule has 0 unspecified atom stereocenters. The number of hydrogen-bond donors (Lipinski definition) is 2. The Labute approximate surface area is 92.9 Å².